The summed E-state index contributed by atoms with van der Waals surface area (Å²) in [5.74, 6) is -1.81. The normalized spacial score (nSPS) is 13.1. The molecule has 0 fully saturated rings. The number of nitrogens with zero attached hydrogens (tertiary/aromatic N) is 2. The van der Waals surface area contributed by atoms with Crippen molar-refractivity contribution in [2.24, 2.45) is 0 Å². The summed E-state index contributed by atoms with van der Waals surface area (Å²) in [6.07, 6.45) is 1.60. The van der Waals surface area contributed by atoms with Crippen LogP contribution in [0.3, 0.4) is 0 Å². The Morgan fingerprint density at radius 1 is 1.06 bits per heavy atom. The molecule has 0 radical (unpaired) electrons. The minimum Gasteiger partial charge on any atom is -0.352 e. The summed E-state index contributed by atoms with van der Waals surface area (Å²) >= 11 is 18.1. The quantitative estimate of drug-likeness (QED) is 0.444. The number of hydrogen-bond donors (Lipinski definition) is 1. The first-order valence-electron chi connectivity index (χ1n) is 10.7. The molecule has 2 unspecified atom stereocenters. The van der Waals surface area contributed by atoms with Crippen LogP contribution in [0.15, 0.2) is 36.4 Å². The highest BCUT2D eigenvalue weighted by molar-refractivity contribution is 7.92. The number of amides is 2. The summed E-state index contributed by atoms with van der Waals surface area (Å²) in [7, 11) is -3.97. The fourth-order valence-electron chi connectivity index (χ4n) is 3.14. The van der Waals surface area contributed by atoms with Crippen LogP contribution in [-0.2, 0) is 26.2 Å². The first-order chi connectivity index (χ1) is 16.2. The zero-order chi connectivity index (χ0) is 26.5. The molecule has 0 aliphatic carbocycles. The Morgan fingerprint density at radius 3 is 2.26 bits per heavy atom. The van der Waals surface area contributed by atoms with Gasteiger partial charge in [0.05, 0.1) is 17.0 Å². The number of nitrogens with one attached hydrogen (secondary N) is 1. The van der Waals surface area contributed by atoms with Gasteiger partial charge in [-0.2, -0.15) is 0 Å². The van der Waals surface area contributed by atoms with Crippen LogP contribution in [0.25, 0.3) is 0 Å². The number of rotatable bonds is 10. The highest BCUT2D eigenvalue weighted by atomic mass is 35.5. The van der Waals surface area contributed by atoms with Crippen molar-refractivity contribution < 1.29 is 22.4 Å². The Morgan fingerprint density at radius 2 is 1.71 bits per heavy atom. The summed E-state index contributed by atoms with van der Waals surface area (Å²) in [4.78, 5) is 27.6. The average Bonchev–Trinajstić information content (AvgIpc) is 2.77. The van der Waals surface area contributed by atoms with Crippen molar-refractivity contribution in [1.82, 2.24) is 10.2 Å². The van der Waals surface area contributed by atoms with Crippen molar-refractivity contribution in [1.29, 1.82) is 0 Å². The second kappa shape index (κ2) is 12.3. The SMILES string of the molecule is CCC(C)NC(=O)C(C)N(Cc1ccc(Cl)cc1Cl)C(=O)CN(c1ccc(F)c(Cl)c1)S(C)(=O)=O. The number of anilines is 1. The van der Waals surface area contributed by atoms with E-state index in [-0.39, 0.29) is 28.3 Å². The molecule has 0 aliphatic rings. The van der Waals surface area contributed by atoms with E-state index in [1.165, 1.54) is 17.0 Å². The number of hydrogen-bond acceptors (Lipinski definition) is 4. The molecule has 1 N–H and O–H groups in total. The predicted octanol–water partition coefficient (Wildman–Crippen LogP) is 4.88. The number of carbonyl (C=O) groups excluding carboxylic acids is 2. The van der Waals surface area contributed by atoms with Gasteiger partial charge in [0, 0.05) is 22.6 Å². The van der Waals surface area contributed by atoms with Gasteiger partial charge < -0.3 is 10.2 Å². The molecule has 192 valence electrons. The Hall–Kier alpha value is -2.07. The Balaban J connectivity index is 2.44. The summed E-state index contributed by atoms with van der Waals surface area (Å²) in [6, 6.07) is 6.97. The lowest BCUT2D eigenvalue weighted by atomic mass is 10.1. The Bertz CT molecular complexity index is 1200. The van der Waals surface area contributed by atoms with Crippen molar-refractivity contribution in [3.05, 3.63) is 62.8 Å². The smallest absolute Gasteiger partial charge is 0.244 e. The van der Waals surface area contributed by atoms with E-state index >= 15 is 0 Å². The van der Waals surface area contributed by atoms with Crippen molar-refractivity contribution in [2.45, 2.75) is 45.8 Å². The molecular formula is C23H27Cl3FN3O4S. The van der Waals surface area contributed by atoms with E-state index in [1.54, 1.807) is 19.1 Å². The summed E-state index contributed by atoms with van der Waals surface area (Å²) in [5, 5.41) is 3.21. The van der Waals surface area contributed by atoms with Crippen molar-refractivity contribution in [2.75, 3.05) is 17.1 Å². The van der Waals surface area contributed by atoms with Crippen LogP contribution in [0.5, 0.6) is 0 Å². The van der Waals surface area contributed by atoms with Crippen molar-refractivity contribution in [3.63, 3.8) is 0 Å². The van der Waals surface area contributed by atoms with E-state index in [0.29, 0.717) is 17.0 Å². The van der Waals surface area contributed by atoms with Gasteiger partial charge >= 0.3 is 0 Å². The minimum absolute atomic E-state index is 0.00781. The van der Waals surface area contributed by atoms with Gasteiger partial charge in [-0.25, -0.2) is 12.8 Å². The molecule has 0 spiro atoms. The molecule has 7 nitrogen and oxygen atoms in total. The van der Waals surface area contributed by atoms with E-state index in [2.05, 4.69) is 5.32 Å². The van der Waals surface area contributed by atoms with E-state index < -0.39 is 40.2 Å². The van der Waals surface area contributed by atoms with Gasteiger partial charge in [-0.3, -0.25) is 13.9 Å². The molecule has 2 rings (SSSR count). The lowest BCUT2D eigenvalue weighted by molar-refractivity contribution is -0.139. The molecule has 0 saturated carbocycles. The minimum atomic E-state index is -3.97. The van der Waals surface area contributed by atoms with Crippen LogP contribution in [0.2, 0.25) is 15.1 Å². The molecule has 2 atom stereocenters. The van der Waals surface area contributed by atoms with E-state index in [1.807, 2.05) is 13.8 Å². The maximum Gasteiger partial charge on any atom is 0.244 e. The van der Waals surface area contributed by atoms with E-state index in [0.717, 1.165) is 22.7 Å². The molecule has 0 aliphatic heterocycles. The highest BCUT2D eigenvalue weighted by Gasteiger charge is 2.31. The van der Waals surface area contributed by atoms with E-state index in [9.17, 15) is 22.4 Å². The van der Waals surface area contributed by atoms with Gasteiger partial charge in [-0.1, -0.05) is 47.8 Å². The molecule has 0 saturated heterocycles. The van der Waals surface area contributed by atoms with Crippen LogP contribution < -0.4 is 9.62 Å². The second-order valence-corrected chi connectivity index (χ2v) is 11.3. The Labute approximate surface area is 220 Å². The molecule has 0 bridgehead atoms. The Kier molecular flexibility index (Phi) is 10.2. The van der Waals surface area contributed by atoms with Gasteiger partial charge in [0.25, 0.3) is 0 Å². The van der Waals surface area contributed by atoms with Gasteiger partial charge in [-0.15, -0.1) is 0 Å². The topological polar surface area (TPSA) is 86.8 Å². The van der Waals surface area contributed by atoms with Gasteiger partial charge in [0.15, 0.2) is 0 Å². The molecule has 0 heterocycles. The fraction of sp³-hybridized carbons (Fsp3) is 0.391. The maximum atomic E-state index is 13.6. The third-order valence-electron chi connectivity index (χ3n) is 5.39. The molecule has 0 aromatic heterocycles. The third-order valence-corrected chi connectivity index (χ3v) is 7.41. The monoisotopic (exact) mass is 565 g/mol. The summed E-state index contributed by atoms with van der Waals surface area (Å²) in [6.45, 7) is 4.55. The predicted molar refractivity (Wildman–Crippen MR) is 138 cm³/mol. The number of sulfonamides is 1. The summed E-state index contributed by atoms with van der Waals surface area (Å²) in [5.41, 5.74) is 0.525. The van der Waals surface area contributed by atoms with Gasteiger partial charge in [0.2, 0.25) is 21.8 Å². The van der Waals surface area contributed by atoms with Crippen molar-refractivity contribution in [3.8, 4) is 0 Å². The number of benzene rings is 2. The first-order valence-corrected chi connectivity index (χ1v) is 13.7. The molecule has 2 amide bonds. The van der Waals surface area contributed by atoms with Crippen LogP contribution in [-0.4, -0.2) is 50.0 Å². The standard InChI is InChI=1S/C23H27Cl3FN3O4S/c1-5-14(2)28-23(32)15(3)29(12-16-6-7-17(24)10-19(16)25)22(31)13-30(35(4,33)34)18-8-9-21(27)20(26)11-18/h6-11,14-15H,5,12-13H2,1-4H3,(H,28,32). The largest absolute Gasteiger partial charge is 0.352 e. The maximum absolute atomic E-state index is 13.6. The second-order valence-electron chi connectivity index (χ2n) is 8.12. The van der Waals surface area contributed by atoms with Crippen LogP contribution in [0, 0.1) is 5.82 Å². The zero-order valence-electron chi connectivity index (χ0n) is 19.7. The lowest BCUT2D eigenvalue weighted by Crippen LogP contribution is -2.52. The van der Waals surface area contributed by atoms with Crippen molar-refractivity contribution >= 4 is 62.3 Å². The lowest BCUT2D eigenvalue weighted by Gasteiger charge is -2.32. The van der Waals surface area contributed by atoms with Crippen LogP contribution in [0.4, 0.5) is 10.1 Å². The average molecular weight is 567 g/mol. The fourth-order valence-corrected chi connectivity index (χ4v) is 4.62. The first kappa shape index (κ1) is 29.2. The number of carbonyl (C=O) groups is 2. The highest BCUT2D eigenvalue weighted by Crippen LogP contribution is 2.26. The third kappa shape index (κ3) is 7.96. The van der Waals surface area contributed by atoms with Gasteiger partial charge in [-0.05, 0) is 56.2 Å². The summed E-state index contributed by atoms with van der Waals surface area (Å²) < 4.78 is 39.5. The molecular weight excluding hydrogens is 540 g/mol. The zero-order valence-corrected chi connectivity index (χ0v) is 22.8. The molecule has 12 heteroatoms. The molecule has 35 heavy (non-hydrogen) atoms. The van der Waals surface area contributed by atoms with E-state index in [4.69, 9.17) is 34.8 Å². The van der Waals surface area contributed by atoms with Crippen LogP contribution in [0.1, 0.15) is 32.8 Å². The molecule has 2 aromatic rings. The van der Waals surface area contributed by atoms with Gasteiger partial charge in [0.1, 0.15) is 18.4 Å². The number of halogens is 4. The molecule has 2 aromatic carbocycles. The van der Waals surface area contributed by atoms with Crippen LogP contribution >= 0.6 is 34.8 Å².